The number of allylic oxidation sites excluding steroid dienone is 5. The summed E-state index contributed by atoms with van der Waals surface area (Å²) in [5, 5.41) is 0. The molecular formula is C33H49N5O. The fourth-order valence-corrected chi connectivity index (χ4v) is 5.32. The highest BCUT2D eigenvalue weighted by Gasteiger charge is 2.42. The number of hydrogen-bond acceptors (Lipinski definition) is 5. The van der Waals surface area contributed by atoms with E-state index in [1.54, 1.807) is 23.1 Å². The zero-order valence-electron chi connectivity index (χ0n) is 25.5. The number of hydrogen-bond donors (Lipinski definition) is 0. The van der Waals surface area contributed by atoms with Gasteiger partial charge in [0.2, 0.25) is 0 Å². The molecule has 2 aliphatic heterocycles. The van der Waals surface area contributed by atoms with Gasteiger partial charge in [-0.05, 0) is 76.3 Å². The number of piperazine rings is 1. The molecule has 6 nitrogen and oxygen atoms in total. The average Bonchev–Trinajstić information content (AvgIpc) is 3.55. The summed E-state index contributed by atoms with van der Waals surface area (Å²) < 4.78 is 1.64. The van der Waals surface area contributed by atoms with Crippen LogP contribution in [0.4, 0.5) is 5.69 Å². The third-order valence-electron chi connectivity index (χ3n) is 8.41. The predicted octanol–water partition coefficient (Wildman–Crippen LogP) is 6.70. The van der Waals surface area contributed by atoms with E-state index >= 15 is 0 Å². The summed E-state index contributed by atoms with van der Waals surface area (Å²) in [7, 11) is 1.71. The van der Waals surface area contributed by atoms with Gasteiger partial charge in [0, 0.05) is 44.5 Å². The normalized spacial score (nSPS) is 20.8. The molecule has 0 spiro atoms. The lowest BCUT2D eigenvalue weighted by molar-refractivity contribution is 0.251. The molecule has 2 aromatic rings. The first kappa shape index (κ1) is 30.6. The van der Waals surface area contributed by atoms with E-state index in [1.807, 2.05) is 32.2 Å². The second kappa shape index (κ2) is 13.9. The quantitative estimate of drug-likeness (QED) is 0.205. The van der Waals surface area contributed by atoms with Crippen LogP contribution in [0, 0.1) is 5.92 Å². The van der Waals surface area contributed by atoms with Gasteiger partial charge in [0.25, 0.3) is 5.56 Å². The Kier molecular flexibility index (Phi) is 10.9. The van der Waals surface area contributed by atoms with Crippen LogP contribution in [0.1, 0.15) is 79.8 Å². The number of likely N-dealkylation sites (tertiary alicyclic amines) is 1. The van der Waals surface area contributed by atoms with Crippen molar-refractivity contribution in [2.75, 3.05) is 31.6 Å². The predicted molar refractivity (Wildman–Crippen MR) is 167 cm³/mol. The van der Waals surface area contributed by atoms with Crippen LogP contribution in [-0.4, -0.2) is 58.8 Å². The van der Waals surface area contributed by atoms with Crippen LogP contribution in [0.25, 0.3) is 5.65 Å². The third-order valence-corrected chi connectivity index (χ3v) is 8.41. The van der Waals surface area contributed by atoms with Gasteiger partial charge in [-0.2, -0.15) is 0 Å². The van der Waals surface area contributed by atoms with E-state index in [0.29, 0.717) is 29.1 Å². The van der Waals surface area contributed by atoms with Gasteiger partial charge in [-0.1, -0.05) is 57.9 Å². The Bertz CT molecular complexity index is 1300. The Balaban J connectivity index is 0.000000360. The second-order valence-corrected chi connectivity index (χ2v) is 11.1. The van der Waals surface area contributed by atoms with Gasteiger partial charge in [0.1, 0.15) is 5.65 Å². The van der Waals surface area contributed by atoms with Gasteiger partial charge in [-0.25, -0.2) is 4.98 Å². The number of fused-ring (bicyclic) bond motifs is 3. The number of rotatable bonds is 9. The number of aromatic nitrogens is 2. The van der Waals surface area contributed by atoms with E-state index in [2.05, 4.69) is 68.1 Å². The summed E-state index contributed by atoms with van der Waals surface area (Å²) in [5.74, 6) is 0.784. The number of nitrogens with zero attached hydrogens (tertiary/aromatic N) is 5. The molecule has 0 aliphatic carbocycles. The van der Waals surface area contributed by atoms with E-state index in [0.717, 1.165) is 42.4 Å². The Morgan fingerprint density at radius 1 is 1.18 bits per heavy atom. The minimum atomic E-state index is -0.0890. The number of aliphatic imine (C=N–C) groups is 1. The van der Waals surface area contributed by atoms with Crippen molar-refractivity contribution in [3.8, 4) is 0 Å². The molecule has 4 rings (SSSR count). The highest BCUT2D eigenvalue weighted by molar-refractivity contribution is 6.08. The van der Waals surface area contributed by atoms with Gasteiger partial charge in [-0.3, -0.25) is 19.1 Å². The zero-order chi connectivity index (χ0) is 28.7. The van der Waals surface area contributed by atoms with Crippen LogP contribution in [0.5, 0.6) is 0 Å². The van der Waals surface area contributed by atoms with Crippen LogP contribution in [0.3, 0.4) is 0 Å². The molecular weight excluding hydrogens is 482 g/mol. The molecule has 0 radical (unpaired) electrons. The summed E-state index contributed by atoms with van der Waals surface area (Å²) in [6, 6.07) is 6.75. The van der Waals surface area contributed by atoms with Gasteiger partial charge in [0.05, 0.1) is 17.1 Å². The van der Waals surface area contributed by atoms with Gasteiger partial charge in [0.15, 0.2) is 0 Å². The number of likely N-dealkylation sites (N-methyl/N-ethyl adjacent to an activating group) is 1. The van der Waals surface area contributed by atoms with Gasteiger partial charge in [-0.15, -0.1) is 0 Å². The first-order chi connectivity index (χ1) is 18.6. The maximum atomic E-state index is 12.9. The van der Waals surface area contributed by atoms with E-state index in [-0.39, 0.29) is 5.56 Å². The van der Waals surface area contributed by atoms with E-state index in [9.17, 15) is 4.79 Å². The van der Waals surface area contributed by atoms with Crippen molar-refractivity contribution in [3.05, 3.63) is 75.9 Å². The van der Waals surface area contributed by atoms with Crippen molar-refractivity contribution in [1.29, 1.82) is 0 Å². The van der Waals surface area contributed by atoms with Crippen molar-refractivity contribution < 1.29 is 0 Å². The molecule has 39 heavy (non-hydrogen) atoms. The van der Waals surface area contributed by atoms with E-state index < -0.39 is 0 Å². The first-order valence-corrected chi connectivity index (χ1v) is 14.6. The standard InChI is InChI=1S/C23H29N5O.C10H20/c1-6-26-12-19-10-18(26)14-27(19)17-7-8-22-25-21(11-23(29)28(22)13-17)20(24-5)9-16(4)15(2)3;1-5-7-8-10(4)9(3)6-2/h7-9,11,13,18-19H,2,6,10,12,14H2,1,3-5H3;8-9H,5-7H2,1-4H3/b16-9+,24-20?;10-8-/t18-,19-;/m0./s1. The highest BCUT2D eigenvalue weighted by atomic mass is 16.1. The summed E-state index contributed by atoms with van der Waals surface area (Å²) in [6.07, 6.45) is 11.2. The molecule has 2 aromatic heterocycles. The molecule has 2 saturated heterocycles. The van der Waals surface area contributed by atoms with Crippen molar-refractivity contribution in [2.45, 2.75) is 86.2 Å². The fraction of sp³-hybridized carbons (Fsp3) is 0.545. The summed E-state index contributed by atoms with van der Waals surface area (Å²) in [4.78, 5) is 26.9. The highest BCUT2D eigenvalue weighted by Crippen LogP contribution is 2.34. The first-order valence-electron chi connectivity index (χ1n) is 14.6. The molecule has 2 bridgehead atoms. The minimum Gasteiger partial charge on any atom is -0.364 e. The molecule has 6 heteroatoms. The smallest absolute Gasteiger partial charge is 0.258 e. The molecule has 0 amide bonds. The molecule has 0 saturated carbocycles. The molecule has 3 atom stereocenters. The Labute approximate surface area is 235 Å². The van der Waals surface area contributed by atoms with Gasteiger partial charge >= 0.3 is 0 Å². The largest absolute Gasteiger partial charge is 0.364 e. The van der Waals surface area contributed by atoms with Crippen LogP contribution in [0.2, 0.25) is 0 Å². The lowest BCUT2D eigenvalue weighted by atomic mass is 9.99. The molecule has 0 aromatic carbocycles. The van der Waals surface area contributed by atoms with Crippen molar-refractivity contribution >= 4 is 17.0 Å². The second-order valence-electron chi connectivity index (χ2n) is 11.1. The summed E-state index contributed by atoms with van der Waals surface area (Å²) >= 11 is 0. The summed E-state index contributed by atoms with van der Waals surface area (Å²) in [5.41, 5.74) is 6.47. The molecule has 212 valence electrons. The Morgan fingerprint density at radius 3 is 2.49 bits per heavy atom. The molecule has 4 heterocycles. The van der Waals surface area contributed by atoms with Crippen LogP contribution in [0.15, 0.2) is 69.6 Å². The fourth-order valence-electron chi connectivity index (χ4n) is 5.32. The third kappa shape index (κ3) is 7.36. The Hall–Kier alpha value is -2.99. The lowest BCUT2D eigenvalue weighted by Crippen LogP contribution is -2.46. The number of pyridine rings is 1. The summed E-state index contributed by atoms with van der Waals surface area (Å²) in [6.45, 7) is 22.4. The lowest BCUT2D eigenvalue weighted by Gasteiger charge is -2.35. The van der Waals surface area contributed by atoms with Crippen LogP contribution >= 0.6 is 0 Å². The van der Waals surface area contributed by atoms with Gasteiger partial charge < -0.3 is 4.90 Å². The maximum absolute atomic E-state index is 12.9. The zero-order valence-corrected chi connectivity index (χ0v) is 25.5. The van der Waals surface area contributed by atoms with Crippen molar-refractivity contribution in [3.63, 3.8) is 0 Å². The molecule has 2 fully saturated rings. The SMILES string of the molecule is C=C(C)/C(C)=C/C(=NC)c1cc(=O)n2cc(N3C[C@@H]4C[C@H]3CN4CC)ccc2n1.CCC/C=C(/C)C(C)CC. The molecule has 2 aliphatic rings. The van der Waals surface area contributed by atoms with Crippen molar-refractivity contribution in [1.82, 2.24) is 14.3 Å². The van der Waals surface area contributed by atoms with Crippen molar-refractivity contribution in [2.24, 2.45) is 10.9 Å². The molecule has 1 unspecified atom stereocenters. The minimum absolute atomic E-state index is 0.0890. The molecule has 0 N–H and O–H groups in total. The van der Waals surface area contributed by atoms with E-state index in [1.165, 1.54) is 25.7 Å². The maximum Gasteiger partial charge on any atom is 0.258 e. The topological polar surface area (TPSA) is 53.2 Å². The number of anilines is 1. The van der Waals surface area contributed by atoms with Crippen LogP contribution in [-0.2, 0) is 0 Å². The number of unbranched alkanes of at least 4 members (excludes halogenated alkanes) is 1. The van der Waals surface area contributed by atoms with Crippen LogP contribution < -0.4 is 10.5 Å². The monoisotopic (exact) mass is 531 g/mol. The van der Waals surface area contributed by atoms with E-state index in [4.69, 9.17) is 4.98 Å². The Morgan fingerprint density at radius 2 is 1.92 bits per heavy atom. The average molecular weight is 532 g/mol.